The number of nitrogens with one attached hydrogen (secondary N) is 1. The normalized spacial score (nSPS) is 11.7. The number of carbonyl (C=O) groups is 1. The van der Waals surface area contributed by atoms with Crippen molar-refractivity contribution in [2.45, 2.75) is 13.8 Å². The van der Waals surface area contributed by atoms with Crippen molar-refractivity contribution < 1.29 is 9.53 Å². The zero-order valence-corrected chi connectivity index (χ0v) is 19.9. The number of esters is 1. The summed E-state index contributed by atoms with van der Waals surface area (Å²) < 4.78 is 6.92. The number of carbonyl (C=O) groups excluding carboxylic acids is 1. The highest BCUT2D eigenvalue weighted by molar-refractivity contribution is 7.20. The third-order valence-corrected chi connectivity index (χ3v) is 6.56. The molecule has 0 amide bonds. The van der Waals surface area contributed by atoms with Gasteiger partial charge in [0.25, 0.3) is 5.56 Å². The molecule has 0 radical (unpaired) electrons. The second-order valence-corrected chi connectivity index (χ2v) is 8.70. The Morgan fingerprint density at radius 2 is 1.97 bits per heavy atom. The Balaban J connectivity index is 1.64. The van der Waals surface area contributed by atoms with Crippen LogP contribution in [0.15, 0.2) is 71.9 Å². The monoisotopic (exact) mass is 483 g/mol. The summed E-state index contributed by atoms with van der Waals surface area (Å²) in [5.41, 5.74) is 3.25. The van der Waals surface area contributed by atoms with E-state index >= 15 is 0 Å². The van der Waals surface area contributed by atoms with E-state index in [9.17, 15) is 9.59 Å². The molecule has 0 aliphatic rings. The standard InChI is InChI=1S/C26H21N5O3S/c1-3-34-26(33)22-16(2)21-24(32)29-23(30-25(21)35-22)19(20-11-7-8-12-27-20)13-17-14-28-31(15-17)18-9-5-4-6-10-18/h4-15H,3H2,1-2H3,(H,29,30,32)/b19-13+. The Morgan fingerprint density at radius 1 is 1.17 bits per heavy atom. The Hall–Kier alpha value is -4.37. The molecule has 0 aliphatic heterocycles. The van der Waals surface area contributed by atoms with Crippen LogP contribution in [0.25, 0.3) is 27.6 Å². The first kappa shape index (κ1) is 22.4. The lowest BCUT2D eigenvalue weighted by Crippen LogP contribution is -2.12. The largest absolute Gasteiger partial charge is 0.462 e. The number of rotatable bonds is 6. The minimum atomic E-state index is -0.456. The maximum Gasteiger partial charge on any atom is 0.348 e. The summed E-state index contributed by atoms with van der Waals surface area (Å²) in [5.74, 6) is -0.104. The van der Waals surface area contributed by atoms with E-state index in [1.165, 1.54) is 0 Å². The fourth-order valence-electron chi connectivity index (χ4n) is 3.75. The van der Waals surface area contributed by atoms with Gasteiger partial charge in [-0.05, 0) is 49.8 Å². The number of H-pyrrole nitrogens is 1. The van der Waals surface area contributed by atoms with E-state index in [1.54, 1.807) is 30.9 Å². The second-order valence-electron chi connectivity index (χ2n) is 7.70. The minimum Gasteiger partial charge on any atom is -0.462 e. The smallest absolute Gasteiger partial charge is 0.348 e. The van der Waals surface area contributed by atoms with Crippen LogP contribution in [0.1, 0.15) is 39.2 Å². The van der Waals surface area contributed by atoms with Crippen molar-refractivity contribution >= 4 is 39.2 Å². The number of ether oxygens (including phenoxy) is 1. The zero-order chi connectivity index (χ0) is 24.4. The van der Waals surface area contributed by atoms with E-state index in [-0.39, 0.29) is 12.2 Å². The molecule has 35 heavy (non-hydrogen) atoms. The van der Waals surface area contributed by atoms with Gasteiger partial charge in [-0.1, -0.05) is 24.3 Å². The molecule has 1 aromatic carbocycles. The maximum atomic E-state index is 13.1. The molecule has 5 aromatic rings. The van der Waals surface area contributed by atoms with E-state index in [4.69, 9.17) is 9.72 Å². The summed E-state index contributed by atoms with van der Waals surface area (Å²) in [7, 11) is 0. The van der Waals surface area contributed by atoms with Crippen molar-refractivity contribution in [3.05, 3.63) is 105 Å². The van der Waals surface area contributed by atoms with Crippen LogP contribution in [0.5, 0.6) is 0 Å². The first-order valence-corrected chi connectivity index (χ1v) is 11.8. The van der Waals surface area contributed by atoms with Gasteiger partial charge in [-0.2, -0.15) is 5.10 Å². The highest BCUT2D eigenvalue weighted by atomic mass is 32.1. The number of benzene rings is 1. The number of para-hydroxylation sites is 1. The first-order chi connectivity index (χ1) is 17.0. The number of fused-ring (bicyclic) bond motifs is 1. The van der Waals surface area contributed by atoms with E-state index < -0.39 is 5.97 Å². The highest BCUT2D eigenvalue weighted by Crippen LogP contribution is 2.30. The molecule has 0 bridgehead atoms. The van der Waals surface area contributed by atoms with Gasteiger partial charge in [0.2, 0.25) is 0 Å². The fourth-order valence-corrected chi connectivity index (χ4v) is 4.82. The average Bonchev–Trinajstić information content (AvgIpc) is 3.48. The molecule has 0 saturated carbocycles. The molecule has 1 N–H and O–H groups in total. The van der Waals surface area contributed by atoms with Crippen LogP contribution in [-0.2, 0) is 4.74 Å². The quantitative estimate of drug-likeness (QED) is 0.353. The Kier molecular flexibility index (Phi) is 6.07. The van der Waals surface area contributed by atoms with Crippen LogP contribution >= 0.6 is 11.3 Å². The third-order valence-electron chi connectivity index (χ3n) is 5.39. The van der Waals surface area contributed by atoms with Crippen LogP contribution in [-0.4, -0.2) is 37.3 Å². The molecule has 0 unspecified atom stereocenters. The van der Waals surface area contributed by atoms with Gasteiger partial charge in [0.15, 0.2) is 0 Å². The van der Waals surface area contributed by atoms with Gasteiger partial charge in [-0.3, -0.25) is 9.78 Å². The number of aryl methyl sites for hydroxylation is 1. The van der Waals surface area contributed by atoms with Crippen molar-refractivity contribution in [1.82, 2.24) is 24.7 Å². The molecule has 0 fully saturated rings. The third kappa shape index (κ3) is 4.41. The molecule has 0 atom stereocenters. The van der Waals surface area contributed by atoms with Crippen molar-refractivity contribution in [3.63, 3.8) is 0 Å². The van der Waals surface area contributed by atoms with E-state index in [1.807, 2.05) is 60.8 Å². The van der Waals surface area contributed by atoms with Crippen molar-refractivity contribution in [2.75, 3.05) is 6.61 Å². The number of thiophene rings is 1. The zero-order valence-electron chi connectivity index (χ0n) is 19.1. The SMILES string of the molecule is CCOC(=O)c1sc2nc(/C(=C/c3cnn(-c4ccccc4)c3)c3ccccn3)[nH]c(=O)c2c1C. The van der Waals surface area contributed by atoms with E-state index in [2.05, 4.69) is 15.1 Å². The summed E-state index contributed by atoms with van der Waals surface area (Å²) in [6.45, 7) is 3.73. The molecule has 8 nitrogen and oxygen atoms in total. The highest BCUT2D eigenvalue weighted by Gasteiger charge is 2.21. The summed E-state index contributed by atoms with van der Waals surface area (Å²) in [5, 5.41) is 4.84. The van der Waals surface area contributed by atoms with Crippen molar-refractivity contribution in [3.8, 4) is 5.69 Å². The van der Waals surface area contributed by atoms with Crippen LogP contribution in [0, 0.1) is 6.92 Å². The Morgan fingerprint density at radius 3 is 2.71 bits per heavy atom. The van der Waals surface area contributed by atoms with Gasteiger partial charge in [0, 0.05) is 23.5 Å². The van der Waals surface area contributed by atoms with Gasteiger partial charge in [-0.25, -0.2) is 14.5 Å². The summed E-state index contributed by atoms with van der Waals surface area (Å²) in [6.07, 6.45) is 7.19. The minimum absolute atomic E-state index is 0.255. The lowest BCUT2D eigenvalue weighted by Gasteiger charge is -2.06. The van der Waals surface area contributed by atoms with Crippen LogP contribution < -0.4 is 5.56 Å². The summed E-state index contributed by atoms with van der Waals surface area (Å²) >= 11 is 1.15. The molecular formula is C26H21N5O3S. The average molecular weight is 484 g/mol. The topological polar surface area (TPSA) is 103 Å². The van der Waals surface area contributed by atoms with Gasteiger partial charge in [0.1, 0.15) is 15.5 Å². The van der Waals surface area contributed by atoms with Crippen molar-refractivity contribution in [1.29, 1.82) is 0 Å². The molecule has 4 heterocycles. The summed E-state index contributed by atoms with van der Waals surface area (Å²) in [4.78, 5) is 38.4. The number of aromatic nitrogens is 5. The van der Waals surface area contributed by atoms with Gasteiger partial charge in [0.05, 0.1) is 29.6 Å². The molecule has 174 valence electrons. The number of hydrogen-bond donors (Lipinski definition) is 1. The second kappa shape index (κ2) is 9.47. The molecular weight excluding hydrogens is 462 g/mol. The lowest BCUT2D eigenvalue weighted by atomic mass is 10.1. The predicted molar refractivity (Wildman–Crippen MR) is 136 cm³/mol. The Bertz CT molecular complexity index is 1600. The van der Waals surface area contributed by atoms with Crippen LogP contribution in [0.4, 0.5) is 0 Å². The fraction of sp³-hybridized carbons (Fsp3) is 0.115. The number of hydrogen-bond acceptors (Lipinski definition) is 7. The Labute approximate surface area is 204 Å². The van der Waals surface area contributed by atoms with Crippen LogP contribution in [0.3, 0.4) is 0 Å². The predicted octanol–water partition coefficient (Wildman–Crippen LogP) is 4.64. The number of pyridine rings is 1. The number of nitrogens with zero attached hydrogens (tertiary/aromatic N) is 4. The molecule has 4 aromatic heterocycles. The summed E-state index contributed by atoms with van der Waals surface area (Å²) in [6, 6.07) is 15.3. The number of aromatic amines is 1. The molecule has 0 aliphatic carbocycles. The van der Waals surface area contributed by atoms with Gasteiger partial charge in [-0.15, -0.1) is 11.3 Å². The van der Waals surface area contributed by atoms with E-state index in [0.717, 1.165) is 22.6 Å². The maximum absolute atomic E-state index is 13.1. The molecule has 9 heteroatoms. The van der Waals surface area contributed by atoms with Crippen LogP contribution in [0.2, 0.25) is 0 Å². The first-order valence-electron chi connectivity index (χ1n) is 11.0. The van der Waals surface area contributed by atoms with Gasteiger partial charge < -0.3 is 9.72 Å². The van der Waals surface area contributed by atoms with E-state index in [0.29, 0.717) is 37.7 Å². The van der Waals surface area contributed by atoms with Crippen molar-refractivity contribution in [2.24, 2.45) is 0 Å². The molecule has 5 rings (SSSR count). The molecule has 0 spiro atoms. The lowest BCUT2D eigenvalue weighted by molar-refractivity contribution is 0.0531. The molecule has 0 saturated heterocycles. The van der Waals surface area contributed by atoms with Gasteiger partial charge >= 0.3 is 5.97 Å².